The van der Waals surface area contributed by atoms with Crippen LogP contribution in [-0.4, -0.2) is 29.7 Å². The van der Waals surface area contributed by atoms with E-state index in [1.807, 2.05) is 37.3 Å². The van der Waals surface area contributed by atoms with Gasteiger partial charge in [0, 0.05) is 29.7 Å². The molecular formula is C26H20F3N7. The quantitative estimate of drug-likeness (QED) is 0.317. The van der Waals surface area contributed by atoms with Gasteiger partial charge in [-0.2, -0.15) is 13.2 Å². The van der Waals surface area contributed by atoms with Crippen LogP contribution >= 0.6 is 0 Å². The molecule has 0 amide bonds. The van der Waals surface area contributed by atoms with Crippen molar-refractivity contribution in [2.24, 2.45) is 0 Å². The molecule has 2 aromatic carbocycles. The van der Waals surface area contributed by atoms with Crippen molar-refractivity contribution in [2.75, 3.05) is 5.32 Å². The number of anilines is 1. The number of aromatic nitrogens is 6. The summed E-state index contributed by atoms with van der Waals surface area (Å²) in [6.07, 6.45) is 1.97. The Morgan fingerprint density at radius 3 is 2.50 bits per heavy atom. The fraction of sp³-hybridized carbons (Fsp3) is 0.115. The summed E-state index contributed by atoms with van der Waals surface area (Å²) in [6.45, 7) is 1.99. The van der Waals surface area contributed by atoms with Crippen LogP contribution in [0.4, 0.5) is 19.1 Å². The molecule has 0 aliphatic carbocycles. The van der Waals surface area contributed by atoms with Gasteiger partial charge in [0.1, 0.15) is 12.0 Å². The topological polar surface area (TPSA) is 81.4 Å². The zero-order chi connectivity index (χ0) is 25.1. The molecule has 0 saturated heterocycles. The maximum Gasteiger partial charge on any atom is 0.416 e. The first kappa shape index (κ1) is 23.2. The molecule has 0 unspecified atom stereocenters. The zero-order valence-electron chi connectivity index (χ0n) is 19.1. The summed E-state index contributed by atoms with van der Waals surface area (Å²) in [5, 5.41) is 11.8. The van der Waals surface area contributed by atoms with Crippen molar-refractivity contribution in [1.82, 2.24) is 29.7 Å². The monoisotopic (exact) mass is 487 g/mol. The average Bonchev–Trinajstić information content (AvgIpc) is 3.44. The van der Waals surface area contributed by atoms with Crippen LogP contribution in [0.1, 0.15) is 24.1 Å². The molecule has 7 nitrogen and oxygen atoms in total. The fourth-order valence-electron chi connectivity index (χ4n) is 3.75. The van der Waals surface area contributed by atoms with Crippen LogP contribution in [0.3, 0.4) is 0 Å². The van der Waals surface area contributed by atoms with Crippen LogP contribution in [-0.2, 0) is 6.18 Å². The first-order valence-electron chi connectivity index (χ1n) is 11.1. The highest BCUT2D eigenvalue weighted by molar-refractivity contribution is 5.80. The molecule has 3 heterocycles. The summed E-state index contributed by atoms with van der Waals surface area (Å²) >= 11 is 0. The third kappa shape index (κ3) is 4.92. The van der Waals surface area contributed by atoms with Crippen LogP contribution in [0.15, 0.2) is 91.6 Å². The molecule has 10 heteroatoms. The summed E-state index contributed by atoms with van der Waals surface area (Å²) in [4.78, 5) is 13.0. The Labute approximate surface area is 204 Å². The largest absolute Gasteiger partial charge is 0.416 e. The first-order valence-corrected chi connectivity index (χ1v) is 11.1. The van der Waals surface area contributed by atoms with Gasteiger partial charge in [0.25, 0.3) is 0 Å². The van der Waals surface area contributed by atoms with Gasteiger partial charge in [0.2, 0.25) is 5.95 Å². The second-order valence-electron chi connectivity index (χ2n) is 8.06. The number of halogens is 3. The van der Waals surface area contributed by atoms with E-state index in [0.29, 0.717) is 23.0 Å². The van der Waals surface area contributed by atoms with E-state index in [2.05, 4.69) is 30.5 Å². The van der Waals surface area contributed by atoms with Crippen LogP contribution in [0.5, 0.6) is 0 Å². The third-order valence-electron chi connectivity index (χ3n) is 5.59. The van der Waals surface area contributed by atoms with Gasteiger partial charge in [-0.25, -0.2) is 15.0 Å². The van der Waals surface area contributed by atoms with E-state index in [9.17, 15) is 13.2 Å². The number of hydrogen-bond donors (Lipinski definition) is 1. The van der Waals surface area contributed by atoms with Gasteiger partial charge < -0.3 is 5.32 Å². The van der Waals surface area contributed by atoms with Crippen LogP contribution in [0.2, 0.25) is 0 Å². The molecule has 0 saturated carbocycles. The highest BCUT2D eigenvalue weighted by Gasteiger charge is 2.31. The van der Waals surface area contributed by atoms with Gasteiger partial charge in [0.05, 0.1) is 17.3 Å². The van der Waals surface area contributed by atoms with Gasteiger partial charge in [-0.3, -0.25) is 4.57 Å². The molecule has 1 atom stereocenters. The smallest absolute Gasteiger partial charge is 0.348 e. The SMILES string of the molecule is C[C@H](Nc1nccc(-c2cc(-n3ccnc3)nnc2-c2cccc(C(F)(F)F)c2)n1)c1ccccc1. The van der Waals surface area contributed by atoms with E-state index in [1.54, 1.807) is 47.7 Å². The average molecular weight is 487 g/mol. The normalized spacial score (nSPS) is 12.3. The molecule has 0 aliphatic rings. The van der Waals surface area contributed by atoms with Gasteiger partial charge >= 0.3 is 6.18 Å². The van der Waals surface area contributed by atoms with Crippen LogP contribution < -0.4 is 5.32 Å². The summed E-state index contributed by atoms with van der Waals surface area (Å²) in [5.74, 6) is 0.823. The van der Waals surface area contributed by atoms with Gasteiger partial charge in [-0.15, -0.1) is 10.2 Å². The van der Waals surface area contributed by atoms with Crippen LogP contribution in [0, 0.1) is 0 Å². The molecule has 36 heavy (non-hydrogen) atoms. The van der Waals surface area contributed by atoms with Crippen molar-refractivity contribution in [1.29, 1.82) is 0 Å². The minimum atomic E-state index is -4.49. The summed E-state index contributed by atoms with van der Waals surface area (Å²) in [5.41, 5.74) is 1.82. The Hall–Kier alpha value is -4.60. The standard InChI is InChI=1S/C26H20F3N7/c1-17(18-6-3-2-4-7-18)32-25-31-11-10-22(33-25)21-15-23(36-13-12-30-16-36)34-35-24(21)19-8-5-9-20(14-19)26(27,28)29/h2-17H,1H3,(H,31,32,33)/t17-/m0/s1. The Morgan fingerprint density at radius 1 is 0.917 bits per heavy atom. The molecule has 3 aromatic heterocycles. The predicted octanol–water partition coefficient (Wildman–Crippen LogP) is 5.98. The number of alkyl halides is 3. The predicted molar refractivity (Wildman–Crippen MR) is 129 cm³/mol. The molecule has 5 aromatic rings. The van der Waals surface area contributed by atoms with E-state index in [1.165, 1.54) is 6.07 Å². The minimum Gasteiger partial charge on any atom is -0.348 e. The lowest BCUT2D eigenvalue weighted by molar-refractivity contribution is -0.137. The molecule has 0 radical (unpaired) electrons. The zero-order valence-corrected chi connectivity index (χ0v) is 19.1. The van der Waals surface area contributed by atoms with E-state index in [0.717, 1.165) is 17.7 Å². The van der Waals surface area contributed by atoms with E-state index < -0.39 is 11.7 Å². The summed E-state index contributed by atoms with van der Waals surface area (Å²) < 4.78 is 41.8. The maximum absolute atomic E-state index is 13.4. The second-order valence-corrected chi connectivity index (χ2v) is 8.06. The number of nitrogens with zero attached hydrogens (tertiary/aromatic N) is 6. The fourth-order valence-corrected chi connectivity index (χ4v) is 3.75. The highest BCUT2D eigenvalue weighted by atomic mass is 19.4. The number of imidazole rings is 1. The van der Waals surface area contributed by atoms with Gasteiger partial charge in [-0.05, 0) is 36.8 Å². The van der Waals surface area contributed by atoms with E-state index in [4.69, 9.17) is 0 Å². The van der Waals surface area contributed by atoms with Crippen molar-refractivity contribution >= 4 is 5.95 Å². The molecular weight excluding hydrogens is 467 g/mol. The first-order chi connectivity index (χ1) is 17.4. The van der Waals surface area contributed by atoms with E-state index in [-0.39, 0.29) is 17.3 Å². The van der Waals surface area contributed by atoms with Crippen molar-refractivity contribution in [3.8, 4) is 28.3 Å². The minimum absolute atomic E-state index is 0.0681. The van der Waals surface area contributed by atoms with Crippen molar-refractivity contribution < 1.29 is 13.2 Å². The van der Waals surface area contributed by atoms with Gasteiger partial charge in [0.15, 0.2) is 5.82 Å². The maximum atomic E-state index is 13.4. The van der Waals surface area contributed by atoms with Crippen molar-refractivity contribution in [3.63, 3.8) is 0 Å². The highest BCUT2D eigenvalue weighted by Crippen LogP contribution is 2.35. The lowest BCUT2D eigenvalue weighted by Gasteiger charge is -2.16. The molecule has 0 bridgehead atoms. The number of nitrogens with one attached hydrogen (secondary N) is 1. The van der Waals surface area contributed by atoms with Crippen molar-refractivity contribution in [3.05, 3.63) is 103 Å². The molecule has 1 N–H and O–H groups in total. The van der Waals surface area contributed by atoms with Gasteiger partial charge in [-0.1, -0.05) is 42.5 Å². The Balaban J connectivity index is 1.59. The Kier molecular flexibility index (Phi) is 6.16. The lowest BCUT2D eigenvalue weighted by Crippen LogP contribution is -2.10. The Bertz CT molecular complexity index is 1470. The Morgan fingerprint density at radius 2 is 1.75 bits per heavy atom. The molecule has 180 valence electrons. The molecule has 5 rings (SSSR count). The van der Waals surface area contributed by atoms with E-state index >= 15 is 0 Å². The second kappa shape index (κ2) is 9.57. The molecule has 0 fully saturated rings. The number of rotatable bonds is 6. The lowest BCUT2D eigenvalue weighted by atomic mass is 10.0. The van der Waals surface area contributed by atoms with Crippen molar-refractivity contribution in [2.45, 2.75) is 19.1 Å². The summed E-state index contributed by atoms with van der Waals surface area (Å²) in [6, 6.07) is 18.2. The number of hydrogen-bond acceptors (Lipinski definition) is 6. The summed E-state index contributed by atoms with van der Waals surface area (Å²) in [7, 11) is 0. The number of benzene rings is 2. The molecule has 0 aliphatic heterocycles. The van der Waals surface area contributed by atoms with Crippen LogP contribution in [0.25, 0.3) is 28.3 Å². The third-order valence-corrected chi connectivity index (χ3v) is 5.59. The molecule has 0 spiro atoms.